The second-order valence-corrected chi connectivity index (χ2v) is 6.07. The molecular formula is C14H10BrCl2N3. The lowest BCUT2D eigenvalue weighted by atomic mass is 10.1. The maximum Gasteiger partial charge on any atom is 0.137 e. The van der Waals surface area contributed by atoms with Gasteiger partial charge >= 0.3 is 0 Å². The molecule has 0 amide bonds. The molecule has 0 saturated carbocycles. The van der Waals surface area contributed by atoms with E-state index in [1.54, 1.807) is 12.1 Å². The molecule has 0 fully saturated rings. The Kier molecular flexibility index (Phi) is 3.73. The first-order valence-corrected chi connectivity index (χ1v) is 7.47. The Morgan fingerprint density at radius 3 is 2.70 bits per heavy atom. The summed E-state index contributed by atoms with van der Waals surface area (Å²) in [7, 11) is 0. The molecule has 0 saturated heterocycles. The van der Waals surface area contributed by atoms with E-state index in [4.69, 9.17) is 28.9 Å². The molecule has 2 N–H and O–H groups in total. The molecule has 3 rings (SSSR count). The lowest BCUT2D eigenvalue weighted by Crippen LogP contribution is -2.02. The summed E-state index contributed by atoms with van der Waals surface area (Å²) in [6.07, 6.45) is 1.94. The largest absolute Gasteiger partial charge is 0.325 e. The second kappa shape index (κ2) is 5.37. The van der Waals surface area contributed by atoms with Crippen LogP contribution >= 0.6 is 39.1 Å². The number of benzene rings is 1. The molecule has 2 aromatic heterocycles. The van der Waals surface area contributed by atoms with Gasteiger partial charge in [0, 0.05) is 27.8 Å². The highest BCUT2D eigenvalue weighted by Gasteiger charge is 2.15. The molecule has 2 heterocycles. The fourth-order valence-corrected chi connectivity index (χ4v) is 2.99. The van der Waals surface area contributed by atoms with Crippen LogP contribution in [0.25, 0.3) is 16.9 Å². The molecule has 0 radical (unpaired) electrons. The lowest BCUT2D eigenvalue weighted by molar-refractivity contribution is 0.959. The summed E-state index contributed by atoms with van der Waals surface area (Å²) in [4.78, 5) is 4.62. The Balaban J connectivity index is 2.30. The van der Waals surface area contributed by atoms with Gasteiger partial charge in [0.1, 0.15) is 5.65 Å². The summed E-state index contributed by atoms with van der Waals surface area (Å²) < 4.78 is 2.93. The van der Waals surface area contributed by atoms with E-state index < -0.39 is 0 Å². The standard InChI is InChI=1S/C14H10BrCl2N3/c15-8-1-4-13-19-14(12(6-18)20(13)7-8)10-3-2-9(16)5-11(10)17/h1-5,7H,6,18H2. The molecule has 6 heteroatoms. The highest BCUT2D eigenvalue weighted by Crippen LogP contribution is 2.32. The number of halogens is 3. The van der Waals surface area contributed by atoms with Crippen molar-refractivity contribution in [2.24, 2.45) is 5.73 Å². The molecule has 102 valence electrons. The molecule has 0 unspecified atom stereocenters. The first-order valence-electron chi connectivity index (χ1n) is 5.92. The van der Waals surface area contributed by atoms with Crippen molar-refractivity contribution in [3.8, 4) is 11.3 Å². The van der Waals surface area contributed by atoms with E-state index in [2.05, 4.69) is 20.9 Å². The van der Waals surface area contributed by atoms with Gasteiger partial charge in [0.2, 0.25) is 0 Å². The number of nitrogens with two attached hydrogens (primary N) is 1. The minimum Gasteiger partial charge on any atom is -0.325 e. The van der Waals surface area contributed by atoms with Crippen molar-refractivity contribution in [1.82, 2.24) is 9.38 Å². The monoisotopic (exact) mass is 369 g/mol. The maximum absolute atomic E-state index is 6.27. The van der Waals surface area contributed by atoms with Gasteiger partial charge in [-0.3, -0.25) is 0 Å². The smallest absolute Gasteiger partial charge is 0.137 e. The molecule has 0 bridgehead atoms. The van der Waals surface area contributed by atoms with Crippen LogP contribution in [0, 0.1) is 0 Å². The van der Waals surface area contributed by atoms with Gasteiger partial charge in [-0.25, -0.2) is 4.98 Å². The number of hydrogen-bond acceptors (Lipinski definition) is 2. The van der Waals surface area contributed by atoms with E-state index in [9.17, 15) is 0 Å². The van der Waals surface area contributed by atoms with Gasteiger partial charge in [-0.1, -0.05) is 23.2 Å². The van der Waals surface area contributed by atoms with E-state index in [1.165, 1.54) is 0 Å². The number of fused-ring (bicyclic) bond motifs is 1. The molecule has 20 heavy (non-hydrogen) atoms. The highest BCUT2D eigenvalue weighted by molar-refractivity contribution is 9.10. The number of pyridine rings is 1. The van der Waals surface area contributed by atoms with E-state index in [1.807, 2.05) is 28.8 Å². The van der Waals surface area contributed by atoms with Crippen molar-refractivity contribution >= 4 is 44.8 Å². The van der Waals surface area contributed by atoms with E-state index in [-0.39, 0.29) is 0 Å². The fraction of sp³-hybridized carbons (Fsp3) is 0.0714. The lowest BCUT2D eigenvalue weighted by Gasteiger charge is -2.05. The first-order chi connectivity index (χ1) is 9.60. The van der Waals surface area contributed by atoms with Crippen molar-refractivity contribution in [2.75, 3.05) is 0 Å². The third-order valence-corrected chi connectivity index (χ3v) is 4.08. The topological polar surface area (TPSA) is 43.3 Å². The van der Waals surface area contributed by atoms with Crippen LogP contribution < -0.4 is 5.73 Å². The molecule has 0 atom stereocenters. The van der Waals surface area contributed by atoms with Crippen LogP contribution in [0.4, 0.5) is 0 Å². The molecule has 3 aromatic rings. The Labute approximate surface area is 134 Å². The summed E-state index contributed by atoms with van der Waals surface area (Å²) in [5.74, 6) is 0. The maximum atomic E-state index is 6.27. The SMILES string of the molecule is NCc1c(-c2ccc(Cl)cc2Cl)nc2ccc(Br)cn12. The van der Waals surface area contributed by atoms with E-state index in [0.717, 1.165) is 27.1 Å². The minimum atomic E-state index is 0.367. The molecule has 0 spiro atoms. The molecule has 1 aromatic carbocycles. The Morgan fingerprint density at radius 1 is 1.20 bits per heavy atom. The highest BCUT2D eigenvalue weighted by atomic mass is 79.9. The van der Waals surface area contributed by atoms with Crippen LogP contribution in [0.1, 0.15) is 5.69 Å². The number of aromatic nitrogens is 2. The van der Waals surface area contributed by atoms with Gasteiger partial charge in [-0.05, 0) is 46.3 Å². The molecular weight excluding hydrogens is 361 g/mol. The summed E-state index contributed by atoms with van der Waals surface area (Å²) in [6, 6.07) is 9.23. The Hall–Kier alpha value is -1.07. The average Bonchev–Trinajstić information content (AvgIpc) is 2.76. The van der Waals surface area contributed by atoms with Gasteiger partial charge in [0.25, 0.3) is 0 Å². The third-order valence-electron chi connectivity index (χ3n) is 3.06. The van der Waals surface area contributed by atoms with Crippen LogP contribution in [-0.4, -0.2) is 9.38 Å². The van der Waals surface area contributed by atoms with Gasteiger partial charge in [-0.2, -0.15) is 0 Å². The predicted octanol–water partition coefficient (Wildman–Crippen LogP) is 4.53. The summed E-state index contributed by atoms with van der Waals surface area (Å²) >= 11 is 15.7. The molecule has 0 aliphatic carbocycles. The van der Waals surface area contributed by atoms with E-state index in [0.29, 0.717) is 16.6 Å². The Bertz CT molecular complexity index is 798. The summed E-state index contributed by atoms with van der Waals surface area (Å²) in [5.41, 5.74) is 9.23. The fourth-order valence-electron chi connectivity index (χ4n) is 2.16. The normalized spacial score (nSPS) is 11.2. The van der Waals surface area contributed by atoms with E-state index >= 15 is 0 Å². The van der Waals surface area contributed by atoms with Crippen molar-refractivity contribution in [1.29, 1.82) is 0 Å². The van der Waals surface area contributed by atoms with Crippen molar-refractivity contribution in [2.45, 2.75) is 6.54 Å². The van der Waals surface area contributed by atoms with Gasteiger partial charge in [-0.15, -0.1) is 0 Å². The minimum absolute atomic E-state index is 0.367. The molecule has 0 aliphatic heterocycles. The zero-order valence-electron chi connectivity index (χ0n) is 10.3. The van der Waals surface area contributed by atoms with Crippen LogP contribution in [-0.2, 0) is 6.54 Å². The van der Waals surface area contributed by atoms with Crippen molar-refractivity contribution in [3.05, 3.63) is 56.7 Å². The van der Waals surface area contributed by atoms with Gasteiger partial charge < -0.3 is 10.1 Å². The quantitative estimate of drug-likeness (QED) is 0.720. The Morgan fingerprint density at radius 2 is 2.00 bits per heavy atom. The van der Waals surface area contributed by atoms with Crippen LogP contribution in [0.15, 0.2) is 41.0 Å². The zero-order valence-corrected chi connectivity index (χ0v) is 13.4. The average molecular weight is 371 g/mol. The number of hydrogen-bond donors (Lipinski definition) is 1. The van der Waals surface area contributed by atoms with Crippen molar-refractivity contribution in [3.63, 3.8) is 0 Å². The predicted molar refractivity (Wildman–Crippen MR) is 86.2 cm³/mol. The number of imidazole rings is 1. The zero-order chi connectivity index (χ0) is 14.3. The van der Waals surface area contributed by atoms with Crippen molar-refractivity contribution < 1.29 is 0 Å². The van der Waals surface area contributed by atoms with Crippen LogP contribution in [0.3, 0.4) is 0 Å². The summed E-state index contributed by atoms with van der Waals surface area (Å²) in [6.45, 7) is 0.367. The summed E-state index contributed by atoms with van der Waals surface area (Å²) in [5, 5.41) is 1.16. The van der Waals surface area contributed by atoms with Gasteiger partial charge in [0.05, 0.1) is 16.4 Å². The molecule has 3 nitrogen and oxygen atoms in total. The van der Waals surface area contributed by atoms with Crippen LogP contribution in [0.2, 0.25) is 10.0 Å². The number of nitrogens with zero attached hydrogens (tertiary/aromatic N) is 2. The number of rotatable bonds is 2. The first kappa shape index (κ1) is 13.9. The second-order valence-electron chi connectivity index (χ2n) is 4.31. The van der Waals surface area contributed by atoms with Crippen LogP contribution in [0.5, 0.6) is 0 Å². The molecule has 0 aliphatic rings. The van der Waals surface area contributed by atoms with Gasteiger partial charge in [0.15, 0.2) is 0 Å². The third kappa shape index (κ3) is 2.33.